The van der Waals surface area contributed by atoms with Gasteiger partial charge in [-0.15, -0.1) is 0 Å². The molecule has 5 heteroatoms. The molecule has 232 valence electrons. The average Bonchev–Trinajstić information content (AvgIpc) is 3.14. The van der Waals surface area contributed by atoms with E-state index in [2.05, 4.69) is 202 Å². The second kappa shape index (κ2) is 22.4. The van der Waals surface area contributed by atoms with Gasteiger partial charge in [-0.1, -0.05) is 109 Å². The minimum Gasteiger partial charge on any atom is -0.307 e. The van der Waals surface area contributed by atoms with Gasteiger partial charge in [0, 0.05) is 20.4 Å². The minimum absolute atomic E-state index is 0. The molecule has 1 nitrogen and oxygen atoms in total. The first-order valence-corrected chi connectivity index (χ1v) is 20.8. The molecule has 0 saturated carbocycles. The first kappa shape index (κ1) is 38.1. The summed E-state index contributed by atoms with van der Waals surface area (Å²) in [6.45, 7) is 9.03. The smallest absolute Gasteiger partial charge is 0.106 e. The Hall–Kier alpha value is -3.06. The second-order valence-electron chi connectivity index (χ2n) is 10.1. The van der Waals surface area contributed by atoms with E-state index in [-0.39, 0.29) is 20.4 Å². The molecule has 6 rings (SSSR count). The van der Waals surface area contributed by atoms with E-state index in [0.29, 0.717) is 0 Å². The average molecular weight is 740 g/mol. The van der Waals surface area contributed by atoms with E-state index >= 15 is 0 Å². The molecule has 0 N–H and O–H groups in total. The molecule has 6 aromatic rings. The summed E-state index contributed by atoms with van der Waals surface area (Å²) in [6.07, 6.45) is 0. The fourth-order valence-corrected chi connectivity index (χ4v) is 9.78. The van der Waals surface area contributed by atoms with E-state index in [4.69, 9.17) is 4.79 Å². The van der Waals surface area contributed by atoms with Crippen LogP contribution in [0.25, 0.3) is 0 Å². The fourth-order valence-electron chi connectivity index (χ4n) is 4.63. The first-order valence-electron chi connectivity index (χ1n) is 14.8. The number of hydrogen-bond donors (Lipinski definition) is 0. The molecule has 0 atom stereocenters. The van der Waals surface area contributed by atoms with Gasteiger partial charge in [-0.2, -0.15) is 0 Å². The van der Waals surface area contributed by atoms with E-state index < -0.39 is 23.8 Å². The summed E-state index contributed by atoms with van der Waals surface area (Å²) in [6, 6.07) is 64.5. The molecule has 0 aliphatic heterocycles. The van der Waals surface area contributed by atoms with Crippen LogP contribution in [0.5, 0.6) is 0 Å². The summed E-state index contributed by atoms with van der Waals surface area (Å²) in [5.41, 5.74) is 0. The first-order chi connectivity index (χ1) is 21.6. The Morgan fingerprint density at radius 3 is 0.511 bits per heavy atom. The maximum atomic E-state index is 8.00. The molecule has 0 unspecified atom stereocenters. The van der Waals surface area contributed by atoms with Crippen LogP contribution in [-0.2, 0) is 25.2 Å². The van der Waals surface area contributed by atoms with E-state index in [0.717, 1.165) is 0 Å². The van der Waals surface area contributed by atoms with Gasteiger partial charge in [0.1, 0.15) is 6.79 Å². The van der Waals surface area contributed by atoms with Crippen molar-refractivity contribution in [3.63, 3.8) is 0 Å². The Bertz CT molecular complexity index is 1250. The van der Waals surface area contributed by atoms with Crippen molar-refractivity contribution in [2.45, 2.75) is 0 Å². The van der Waals surface area contributed by atoms with Crippen LogP contribution in [0.1, 0.15) is 0 Å². The van der Waals surface area contributed by atoms with E-state index in [1.165, 1.54) is 31.8 Å². The number of carbonyl (C=O) groups is 1. The van der Waals surface area contributed by atoms with Crippen LogP contribution in [0.15, 0.2) is 182 Å². The normalized spacial score (nSPS) is 9.82. The minimum atomic E-state index is -0.545. The predicted molar refractivity (Wildman–Crippen MR) is 206 cm³/mol. The number of carbonyl (C=O) groups excluding carboxylic acids is 1. The van der Waals surface area contributed by atoms with E-state index in [1.807, 2.05) is 6.79 Å². The van der Waals surface area contributed by atoms with Crippen molar-refractivity contribution in [3.8, 4) is 0 Å². The molecule has 45 heavy (non-hydrogen) atoms. The van der Waals surface area contributed by atoms with Gasteiger partial charge >= 0.3 is 0 Å². The molecule has 0 amide bonds. The standard InChI is InChI=1S/3C13H13P.CH2O.Pd/c3*1-14(12-8-4-2-5-9-12)13-10-6-3-7-11-13;1-2;/h3*2-11H,1H3;1H2;/p+3. The van der Waals surface area contributed by atoms with Crippen molar-refractivity contribution in [3.05, 3.63) is 182 Å². The SMILES string of the molecule is C=O.C[PH+](c1ccccc1)c1ccccc1.C[PH+](c1ccccc1)c1ccccc1.C[PH+](c1ccccc1)c1ccccc1.[Pd]. The van der Waals surface area contributed by atoms with Crippen LogP contribution in [0.3, 0.4) is 0 Å². The fraction of sp³-hybridized carbons (Fsp3) is 0.0750. The zero-order chi connectivity index (χ0) is 31.4. The van der Waals surface area contributed by atoms with Crippen molar-refractivity contribution in [1.29, 1.82) is 0 Å². The van der Waals surface area contributed by atoms with Gasteiger partial charge < -0.3 is 4.79 Å². The molecule has 0 aliphatic carbocycles. The Kier molecular flexibility index (Phi) is 19.0. The van der Waals surface area contributed by atoms with Gasteiger partial charge in [0.05, 0.1) is 75.6 Å². The van der Waals surface area contributed by atoms with Gasteiger partial charge in [-0.3, -0.25) is 0 Å². The van der Waals surface area contributed by atoms with Crippen LogP contribution < -0.4 is 31.8 Å². The Balaban J connectivity index is 0.000000226. The van der Waals surface area contributed by atoms with Gasteiger partial charge in [0.2, 0.25) is 0 Å². The molecule has 6 aromatic carbocycles. The summed E-state index contributed by atoms with van der Waals surface area (Å²) < 4.78 is 0. The summed E-state index contributed by atoms with van der Waals surface area (Å²) in [5, 5.41) is 8.85. The van der Waals surface area contributed by atoms with Gasteiger partial charge in [0.15, 0.2) is 0 Å². The summed E-state index contributed by atoms with van der Waals surface area (Å²) in [5.74, 6) is 0. The zero-order valence-corrected chi connectivity index (χ0v) is 30.8. The molecule has 0 bridgehead atoms. The van der Waals surface area contributed by atoms with Crippen LogP contribution in [0.2, 0.25) is 0 Å². The largest absolute Gasteiger partial charge is 0.307 e. The Labute approximate surface area is 288 Å². The van der Waals surface area contributed by atoms with Gasteiger partial charge in [0.25, 0.3) is 0 Å². The topological polar surface area (TPSA) is 17.1 Å². The van der Waals surface area contributed by atoms with Crippen molar-refractivity contribution in [2.24, 2.45) is 0 Å². The van der Waals surface area contributed by atoms with E-state index in [1.54, 1.807) is 0 Å². The third-order valence-corrected chi connectivity index (χ3v) is 14.4. The zero-order valence-electron chi connectivity index (χ0n) is 26.3. The van der Waals surface area contributed by atoms with Gasteiger partial charge in [-0.25, -0.2) is 0 Å². The van der Waals surface area contributed by atoms with Crippen molar-refractivity contribution in [1.82, 2.24) is 0 Å². The molecule has 0 aliphatic rings. The summed E-state index contributed by atoms with van der Waals surface area (Å²) >= 11 is 0. The predicted octanol–water partition coefficient (Wildman–Crippen LogP) is 7.26. The maximum absolute atomic E-state index is 8.00. The molecule has 0 saturated heterocycles. The van der Waals surface area contributed by atoms with Crippen molar-refractivity contribution >= 4 is 62.4 Å². The monoisotopic (exact) mass is 739 g/mol. The van der Waals surface area contributed by atoms with Crippen LogP contribution in [-0.4, -0.2) is 26.8 Å². The molecule has 0 heterocycles. The van der Waals surface area contributed by atoms with Crippen LogP contribution >= 0.6 is 23.8 Å². The third-order valence-electron chi connectivity index (χ3n) is 7.24. The van der Waals surface area contributed by atoms with Crippen LogP contribution in [0.4, 0.5) is 0 Å². The van der Waals surface area contributed by atoms with Crippen LogP contribution in [0, 0.1) is 0 Å². The van der Waals surface area contributed by atoms with Gasteiger partial charge in [-0.05, 0) is 72.8 Å². The summed E-state index contributed by atoms with van der Waals surface area (Å²) in [7, 11) is -1.63. The molecule has 0 spiro atoms. The maximum Gasteiger partial charge on any atom is 0.106 e. The molecule has 0 fully saturated rings. The summed E-state index contributed by atoms with van der Waals surface area (Å²) in [4.78, 5) is 8.00. The quantitative estimate of drug-likeness (QED) is 0.130. The Morgan fingerprint density at radius 1 is 0.289 bits per heavy atom. The molecular formula is C40H44OP3Pd+3. The number of hydrogen-bond acceptors (Lipinski definition) is 1. The third kappa shape index (κ3) is 13.1. The second-order valence-corrected chi connectivity index (χ2v) is 17.3. The van der Waals surface area contributed by atoms with E-state index in [9.17, 15) is 0 Å². The van der Waals surface area contributed by atoms with Crippen molar-refractivity contribution < 1.29 is 25.2 Å². The molecular weight excluding hydrogens is 696 g/mol. The molecule has 0 aromatic heterocycles. The molecule has 0 radical (unpaired) electrons. The Morgan fingerprint density at radius 2 is 0.400 bits per heavy atom. The van der Waals surface area contributed by atoms with Crippen molar-refractivity contribution in [2.75, 3.05) is 20.0 Å². The number of rotatable bonds is 6. The number of benzene rings is 6.